The fourth-order valence-electron chi connectivity index (χ4n) is 6.45. The molecular weight excluding hydrogens is 564 g/mol. The molecular formula is C33H36N4O5S. The van der Waals surface area contributed by atoms with Gasteiger partial charge in [-0.2, -0.15) is 0 Å². The highest BCUT2D eigenvalue weighted by atomic mass is 32.2. The summed E-state index contributed by atoms with van der Waals surface area (Å²) in [6.07, 6.45) is 1.28. The SMILES string of the molecule is Cc1ccccc1-c1cc2ccc(S(=O)(=O)NC3CCC(C(=O)N4CCN(C(=O)O)C[C@@H]4c4ccccc4)CC3)cc2[nH]1. The number of carboxylic acid groups (broad SMARTS) is 1. The molecule has 1 aliphatic carbocycles. The second-order valence-corrected chi connectivity index (χ2v) is 13.3. The van der Waals surface area contributed by atoms with Gasteiger partial charge in [0.05, 0.1) is 10.9 Å². The zero-order valence-electron chi connectivity index (χ0n) is 24.1. The van der Waals surface area contributed by atoms with Crippen LogP contribution in [0.1, 0.15) is 42.9 Å². The monoisotopic (exact) mass is 600 g/mol. The van der Waals surface area contributed by atoms with E-state index in [1.165, 1.54) is 4.90 Å². The molecule has 2 fully saturated rings. The van der Waals surface area contributed by atoms with E-state index in [9.17, 15) is 23.1 Å². The summed E-state index contributed by atoms with van der Waals surface area (Å²) in [5, 5.41) is 10.5. The van der Waals surface area contributed by atoms with E-state index in [0.717, 1.165) is 33.3 Å². The van der Waals surface area contributed by atoms with Gasteiger partial charge in [0.15, 0.2) is 0 Å². The number of piperazine rings is 1. The molecule has 0 unspecified atom stereocenters. The molecule has 1 aromatic heterocycles. The third kappa shape index (κ3) is 6.03. The Morgan fingerprint density at radius 1 is 0.907 bits per heavy atom. The molecule has 0 radical (unpaired) electrons. The van der Waals surface area contributed by atoms with Gasteiger partial charge in [-0.3, -0.25) is 4.79 Å². The lowest BCUT2D eigenvalue weighted by atomic mass is 9.85. The minimum Gasteiger partial charge on any atom is -0.465 e. The number of nitrogens with zero attached hydrogens (tertiary/aromatic N) is 2. The molecule has 1 atom stereocenters. The Bertz CT molecular complexity index is 1750. The van der Waals surface area contributed by atoms with Crippen molar-refractivity contribution in [3.63, 3.8) is 0 Å². The first kappa shape index (κ1) is 28.9. The Balaban J connectivity index is 1.11. The highest BCUT2D eigenvalue weighted by molar-refractivity contribution is 7.89. The van der Waals surface area contributed by atoms with Gasteiger partial charge >= 0.3 is 6.09 Å². The first-order valence-corrected chi connectivity index (χ1v) is 16.2. The number of aromatic nitrogens is 1. The number of benzene rings is 3. The van der Waals surface area contributed by atoms with Gasteiger partial charge in [0.1, 0.15) is 0 Å². The van der Waals surface area contributed by atoms with E-state index < -0.39 is 16.1 Å². The van der Waals surface area contributed by atoms with Gasteiger partial charge in [0.2, 0.25) is 15.9 Å². The number of nitrogens with one attached hydrogen (secondary N) is 2. The highest BCUT2D eigenvalue weighted by Crippen LogP contribution is 2.33. The van der Waals surface area contributed by atoms with Crippen molar-refractivity contribution in [2.75, 3.05) is 19.6 Å². The number of aromatic amines is 1. The van der Waals surface area contributed by atoms with Crippen LogP contribution in [0.2, 0.25) is 0 Å². The summed E-state index contributed by atoms with van der Waals surface area (Å²) in [4.78, 5) is 32.1. The number of carbonyl (C=O) groups excluding carboxylic acids is 1. The number of hydrogen-bond donors (Lipinski definition) is 3. The van der Waals surface area contributed by atoms with E-state index in [0.29, 0.717) is 32.2 Å². The number of carbonyl (C=O) groups is 2. The maximum atomic E-state index is 13.7. The van der Waals surface area contributed by atoms with Gasteiger partial charge in [-0.1, -0.05) is 60.7 Å². The van der Waals surface area contributed by atoms with Crippen LogP contribution >= 0.6 is 0 Å². The van der Waals surface area contributed by atoms with Crippen molar-refractivity contribution < 1.29 is 23.1 Å². The molecule has 2 heterocycles. The molecule has 6 rings (SSSR count). The van der Waals surface area contributed by atoms with Crippen LogP contribution in [0.15, 0.2) is 83.8 Å². The summed E-state index contributed by atoms with van der Waals surface area (Å²) in [5.74, 6) is -0.208. The molecule has 2 aliphatic rings. The number of aryl methyl sites for hydroxylation is 1. The molecule has 2 amide bonds. The maximum absolute atomic E-state index is 13.7. The highest BCUT2D eigenvalue weighted by Gasteiger charge is 2.38. The molecule has 10 heteroatoms. The lowest BCUT2D eigenvalue weighted by Gasteiger charge is -2.43. The van der Waals surface area contributed by atoms with Crippen LogP contribution in [0.3, 0.4) is 0 Å². The average Bonchev–Trinajstić information content (AvgIpc) is 3.45. The predicted molar refractivity (Wildman–Crippen MR) is 165 cm³/mol. The van der Waals surface area contributed by atoms with Crippen molar-refractivity contribution >= 4 is 32.9 Å². The lowest BCUT2D eigenvalue weighted by Crippen LogP contribution is -2.53. The van der Waals surface area contributed by atoms with Crippen LogP contribution in [0.5, 0.6) is 0 Å². The summed E-state index contributed by atoms with van der Waals surface area (Å²) >= 11 is 0. The normalized spacial score (nSPS) is 21.2. The molecule has 9 nitrogen and oxygen atoms in total. The molecule has 4 aromatic rings. The summed E-state index contributed by atoms with van der Waals surface area (Å²) in [5.41, 5.74) is 4.82. The summed E-state index contributed by atoms with van der Waals surface area (Å²) in [6, 6.07) is 24.2. The largest absolute Gasteiger partial charge is 0.465 e. The van der Waals surface area contributed by atoms with Crippen molar-refractivity contribution in [2.45, 2.75) is 49.6 Å². The fourth-order valence-corrected chi connectivity index (χ4v) is 7.79. The topological polar surface area (TPSA) is 123 Å². The Labute approximate surface area is 251 Å². The molecule has 43 heavy (non-hydrogen) atoms. The second-order valence-electron chi connectivity index (χ2n) is 11.6. The van der Waals surface area contributed by atoms with Gasteiger partial charge < -0.3 is 19.9 Å². The standard InChI is InChI=1S/C33H36N4O5S/c1-22-7-5-6-10-28(22)30-19-25-13-16-27(20-29(25)34-30)43(41,42)35-26-14-11-24(12-15-26)32(38)37-18-17-36(33(39)40)21-31(37)23-8-3-2-4-9-23/h2-10,13,16,19-20,24,26,31,34-35H,11-12,14-15,17-18,21H2,1H3,(H,39,40)/t24?,26?,31-/m1/s1. The van der Waals surface area contributed by atoms with E-state index in [2.05, 4.69) is 9.71 Å². The third-order valence-corrected chi connectivity index (χ3v) is 10.4. The predicted octanol–water partition coefficient (Wildman–Crippen LogP) is 5.54. The number of fused-ring (bicyclic) bond motifs is 1. The van der Waals surface area contributed by atoms with Crippen molar-refractivity contribution in [3.8, 4) is 11.3 Å². The Hall–Kier alpha value is -4.15. The minimum atomic E-state index is -3.76. The van der Waals surface area contributed by atoms with Gasteiger partial charge in [0.25, 0.3) is 0 Å². The Kier molecular flexibility index (Phi) is 7.98. The second kappa shape index (κ2) is 11.9. The number of rotatable bonds is 6. The quantitative estimate of drug-likeness (QED) is 0.268. The summed E-state index contributed by atoms with van der Waals surface area (Å²) in [6.45, 7) is 2.89. The van der Waals surface area contributed by atoms with Crippen LogP contribution in [0.25, 0.3) is 22.2 Å². The van der Waals surface area contributed by atoms with Crippen LogP contribution in [-0.2, 0) is 14.8 Å². The Morgan fingerprint density at radius 3 is 2.35 bits per heavy atom. The summed E-state index contributed by atoms with van der Waals surface area (Å²) in [7, 11) is -3.76. The van der Waals surface area contributed by atoms with E-state index in [-0.39, 0.29) is 41.9 Å². The summed E-state index contributed by atoms with van der Waals surface area (Å²) < 4.78 is 29.6. The third-order valence-electron chi connectivity index (χ3n) is 8.86. The lowest BCUT2D eigenvalue weighted by molar-refractivity contribution is -0.141. The molecule has 0 spiro atoms. The van der Waals surface area contributed by atoms with E-state index in [1.54, 1.807) is 12.1 Å². The maximum Gasteiger partial charge on any atom is 0.407 e. The molecule has 3 aromatic carbocycles. The molecule has 224 valence electrons. The molecule has 1 saturated heterocycles. The number of H-pyrrole nitrogens is 1. The number of hydrogen-bond acceptors (Lipinski definition) is 4. The first-order chi connectivity index (χ1) is 20.7. The van der Waals surface area contributed by atoms with Gasteiger partial charge in [0, 0.05) is 53.8 Å². The fraction of sp³-hybridized carbons (Fsp3) is 0.333. The molecule has 1 saturated carbocycles. The zero-order chi connectivity index (χ0) is 30.1. The van der Waals surface area contributed by atoms with Crippen LogP contribution in [0, 0.1) is 12.8 Å². The first-order valence-electron chi connectivity index (χ1n) is 14.7. The van der Waals surface area contributed by atoms with Crippen molar-refractivity contribution in [2.24, 2.45) is 5.92 Å². The Morgan fingerprint density at radius 2 is 1.63 bits per heavy atom. The molecule has 1 aliphatic heterocycles. The zero-order valence-corrected chi connectivity index (χ0v) is 24.9. The van der Waals surface area contributed by atoms with E-state index in [1.807, 2.05) is 78.6 Å². The van der Waals surface area contributed by atoms with Crippen LogP contribution < -0.4 is 4.72 Å². The van der Waals surface area contributed by atoms with Crippen LogP contribution in [0.4, 0.5) is 4.79 Å². The molecule has 3 N–H and O–H groups in total. The van der Waals surface area contributed by atoms with Crippen LogP contribution in [-0.4, -0.2) is 66.0 Å². The molecule has 0 bridgehead atoms. The van der Waals surface area contributed by atoms with Crippen molar-refractivity contribution in [1.29, 1.82) is 0 Å². The van der Waals surface area contributed by atoms with Gasteiger partial charge in [-0.05, 0) is 61.9 Å². The number of sulfonamides is 1. The van der Waals surface area contributed by atoms with Crippen molar-refractivity contribution in [3.05, 3.63) is 90.0 Å². The van der Waals surface area contributed by atoms with Gasteiger partial charge in [-0.15, -0.1) is 0 Å². The average molecular weight is 601 g/mol. The van der Waals surface area contributed by atoms with E-state index in [4.69, 9.17) is 0 Å². The smallest absolute Gasteiger partial charge is 0.407 e. The minimum absolute atomic E-state index is 0.0156. The van der Waals surface area contributed by atoms with Crippen molar-refractivity contribution in [1.82, 2.24) is 19.5 Å². The number of amides is 2. The van der Waals surface area contributed by atoms with E-state index >= 15 is 0 Å². The van der Waals surface area contributed by atoms with Gasteiger partial charge in [-0.25, -0.2) is 17.9 Å².